The Hall–Kier alpha value is -2.67. The summed E-state index contributed by atoms with van der Waals surface area (Å²) in [6, 6.07) is 14.2. The summed E-state index contributed by atoms with van der Waals surface area (Å²) in [6.45, 7) is -0.614. The largest absolute Gasteiger partial charge is 0.493 e. The second-order valence-electron chi connectivity index (χ2n) is 6.00. The van der Waals surface area contributed by atoms with Gasteiger partial charge in [0.15, 0.2) is 11.5 Å². The summed E-state index contributed by atoms with van der Waals surface area (Å²) in [4.78, 5) is 14.0. The maximum absolute atomic E-state index is 12.5. The average Bonchev–Trinajstić information content (AvgIpc) is 2.67. The molecule has 0 N–H and O–H groups in total. The number of rotatable bonds is 9. The lowest BCUT2D eigenvalue weighted by Gasteiger charge is -2.22. The van der Waals surface area contributed by atoms with E-state index in [0.29, 0.717) is 6.61 Å². The topological polar surface area (TPSA) is 48.0 Å². The number of nitrogens with zero attached hydrogens (tertiary/aromatic N) is 1. The third-order valence-corrected chi connectivity index (χ3v) is 3.93. The number of amides is 1. The number of hydrogen-bond donors (Lipinski definition) is 0. The molecule has 2 aromatic rings. The van der Waals surface area contributed by atoms with E-state index in [0.717, 1.165) is 11.1 Å². The third kappa shape index (κ3) is 6.21. The van der Waals surface area contributed by atoms with Crippen LogP contribution in [0.1, 0.15) is 18.1 Å². The Balaban J connectivity index is 1.94. The highest BCUT2D eigenvalue weighted by atomic mass is 19.3. The fourth-order valence-corrected chi connectivity index (χ4v) is 2.53. The molecule has 0 aliphatic heterocycles. The van der Waals surface area contributed by atoms with E-state index < -0.39 is 12.7 Å². The molecule has 0 fully saturated rings. The van der Waals surface area contributed by atoms with E-state index in [1.807, 2.05) is 30.3 Å². The Labute approximate surface area is 157 Å². The lowest BCUT2D eigenvalue weighted by Crippen LogP contribution is -2.35. The standard InChI is InChI=1S/C20H23F2NO4/c1-14(26-13-15-7-5-4-6-8-15)19(24)23(2)12-16-9-10-17(27-20(21)22)18(11-16)25-3/h4-11,14,20H,12-13H2,1-3H3. The molecular formula is C20H23F2NO4. The predicted octanol–water partition coefficient (Wildman–Crippen LogP) is 3.86. The van der Waals surface area contributed by atoms with Crippen LogP contribution in [0.2, 0.25) is 0 Å². The lowest BCUT2D eigenvalue weighted by atomic mass is 10.2. The zero-order valence-corrected chi connectivity index (χ0v) is 15.5. The Kier molecular flexibility index (Phi) is 7.55. The quantitative estimate of drug-likeness (QED) is 0.664. The number of carbonyl (C=O) groups excluding carboxylic acids is 1. The van der Waals surface area contributed by atoms with Gasteiger partial charge in [0.05, 0.1) is 13.7 Å². The van der Waals surface area contributed by atoms with Crippen molar-refractivity contribution >= 4 is 5.91 Å². The van der Waals surface area contributed by atoms with Crippen LogP contribution in [0, 0.1) is 0 Å². The van der Waals surface area contributed by atoms with E-state index in [4.69, 9.17) is 9.47 Å². The Bertz CT molecular complexity index is 740. The zero-order chi connectivity index (χ0) is 19.8. The van der Waals surface area contributed by atoms with Gasteiger partial charge in [0.25, 0.3) is 5.91 Å². The molecule has 0 spiro atoms. The maximum atomic E-state index is 12.5. The number of methoxy groups -OCH3 is 1. The molecule has 146 valence electrons. The molecule has 7 heteroatoms. The number of alkyl halides is 2. The van der Waals surface area contributed by atoms with Crippen LogP contribution < -0.4 is 9.47 Å². The van der Waals surface area contributed by atoms with Crippen LogP contribution in [0.4, 0.5) is 8.78 Å². The first-order chi connectivity index (χ1) is 12.9. The highest BCUT2D eigenvalue weighted by Gasteiger charge is 2.19. The summed E-state index contributed by atoms with van der Waals surface area (Å²) in [6.07, 6.45) is -0.612. The van der Waals surface area contributed by atoms with Gasteiger partial charge in [-0.3, -0.25) is 4.79 Å². The summed E-state index contributed by atoms with van der Waals surface area (Å²) >= 11 is 0. The molecule has 0 heterocycles. The minimum Gasteiger partial charge on any atom is -0.493 e. The minimum atomic E-state index is -2.93. The number of hydrogen-bond acceptors (Lipinski definition) is 4. The smallest absolute Gasteiger partial charge is 0.387 e. The maximum Gasteiger partial charge on any atom is 0.387 e. The van der Waals surface area contributed by atoms with Gasteiger partial charge in [-0.25, -0.2) is 0 Å². The van der Waals surface area contributed by atoms with Gasteiger partial charge in [-0.15, -0.1) is 0 Å². The molecule has 2 aromatic carbocycles. The van der Waals surface area contributed by atoms with Crippen molar-refractivity contribution < 1.29 is 27.8 Å². The van der Waals surface area contributed by atoms with Crippen LogP contribution in [0.15, 0.2) is 48.5 Å². The molecule has 5 nitrogen and oxygen atoms in total. The van der Waals surface area contributed by atoms with Crippen LogP contribution in [-0.4, -0.2) is 37.7 Å². The van der Waals surface area contributed by atoms with Gasteiger partial charge in [0, 0.05) is 13.6 Å². The SMILES string of the molecule is COc1cc(CN(C)C(=O)C(C)OCc2ccccc2)ccc1OC(F)F. The second kappa shape index (κ2) is 9.87. The summed E-state index contributed by atoms with van der Waals surface area (Å²) in [5, 5.41) is 0. The monoisotopic (exact) mass is 379 g/mol. The van der Waals surface area contributed by atoms with Crippen LogP contribution in [0.3, 0.4) is 0 Å². The van der Waals surface area contributed by atoms with Crippen molar-refractivity contribution in [3.63, 3.8) is 0 Å². The first-order valence-corrected chi connectivity index (χ1v) is 8.43. The van der Waals surface area contributed by atoms with E-state index in [1.165, 1.54) is 18.1 Å². The van der Waals surface area contributed by atoms with Crippen LogP contribution in [0.25, 0.3) is 0 Å². The molecule has 0 bridgehead atoms. The molecular weight excluding hydrogens is 356 g/mol. The van der Waals surface area contributed by atoms with Crippen molar-refractivity contribution in [2.45, 2.75) is 32.8 Å². The van der Waals surface area contributed by atoms with Gasteiger partial charge in [-0.1, -0.05) is 36.4 Å². The molecule has 0 aromatic heterocycles. The Morgan fingerprint density at radius 1 is 1.07 bits per heavy atom. The lowest BCUT2D eigenvalue weighted by molar-refractivity contribution is -0.142. The van der Waals surface area contributed by atoms with Crippen molar-refractivity contribution in [3.05, 3.63) is 59.7 Å². The van der Waals surface area contributed by atoms with Gasteiger partial charge < -0.3 is 19.1 Å². The van der Waals surface area contributed by atoms with E-state index in [-0.39, 0.29) is 24.0 Å². The second-order valence-corrected chi connectivity index (χ2v) is 6.00. The molecule has 0 saturated carbocycles. The Morgan fingerprint density at radius 3 is 2.41 bits per heavy atom. The first-order valence-electron chi connectivity index (χ1n) is 8.43. The number of halogens is 2. The summed E-state index contributed by atoms with van der Waals surface area (Å²) in [5.74, 6) is -0.0513. The molecule has 0 radical (unpaired) electrons. The van der Waals surface area contributed by atoms with E-state index in [9.17, 15) is 13.6 Å². The van der Waals surface area contributed by atoms with Crippen LogP contribution >= 0.6 is 0 Å². The molecule has 0 aliphatic rings. The highest BCUT2D eigenvalue weighted by molar-refractivity contribution is 5.80. The summed E-state index contributed by atoms with van der Waals surface area (Å²) < 4.78 is 39.9. The van der Waals surface area contributed by atoms with Crippen molar-refractivity contribution in [1.82, 2.24) is 4.90 Å². The van der Waals surface area contributed by atoms with Crippen molar-refractivity contribution in [2.24, 2.45) is 0 Å². The number of ether oxygens (including phenoxy) is 3. The van der Waals surface area contributed by atoms with Gasteiger partial charge in [0.1, 0.15) is 6.10 Å². The molecule has 27 heavy (non-hydrogen) atoms. The van der Waals surface area contributed by atoms with Gasteiger partial charge in [0.2, 0.25) is 0 Å². The fraction of sp³-hybridized carbons (Fsp3) is 0.350. The molecule has 0 saturated heterocycles. The van der Waals surface area contributed by atoms with Crippen LogP contribution in [0.5, 0.6) is 11.5 Å². The van der Waals surface area contributed by atoms with Crippen molar-refractivity contribution in [3.8, 4) is 11.5 Å². The van der Waals surface area contributed by atoms with Crippen LogP contribution in [-0.2, 0) is 22.7 Å². The molecule has 1 unspecified atom stereocenters. The first kappa shape index (κ1) is 20.6. The third-order valence-electron chi connectivity index (χ3n) is 3.93. The van der Waals surface area contributed by atoms with Gasteiger partial charge in [-0.05, 0) is 30.2 Å². The highest BCUT2D eigenvalue weighted by Crippen LogP contribution is 2.29. The molecule has 2 rings (SSSR count). The average molecular weight is 379 g/mol. The zero-order valence-electron chi connectivity index (χ0n) is 15.5. The molecule has 1 amide bonds. The van der Waals surface area contributed by atoms with E-state index >= 15 is 0 Å². The van der Waals surface area contributed by atoms with E-state index in [2.05, 4.69) is 4.74 Å². The number of carbonyl (C=O) groups is 1. The summed E-state index contributed by atoms with van der Waals surface area (Å²) in [5.41, 5.74) is 1.71. The number of likely N-dealkylation sites (N-methyl/N-ethyl adjacent to an activating group) is 1. The number of benzene rings is 2. The predicted molar refractivity (Wildman–Crippen MR) is 96.8 cm³/mol. The summed E-state index contributed by atoms with van der Waals surface area (Å²) in [7, 11) is 3.02. The minimum absolute atomic E-state index is 0.0511. The van der Waals surface area contributed by atoms with Gasteiger partial charge in [-0.2, -0.15) is 8.78 Å². The van der Waals surface area contributed by atoms with E-state index in [1.54, 1.807) is 26.1 Å². The normalized spacial score (nSPS) is 11.9. The van der Waals surface area contributed by atoms with Gasteiger partial charge >= 0.3 is 6.61 Å². The fourth-order valence-electron chi connectivity index (χ4n) is 2.53. The molecule has 0 aliphatic carbocycles. The molecule has 1 atom stereocenters. The van der Waals surface area contributed by atoms with Crippen molar-refractivity contribution in [2.75, 3.05) is 14.2 Å². The Morgan fingerprint density at radius 2 is 1.78 bits per heavy atom. The van der Waals surface area contributed by atoms with Crippen molar-refractivity contribution in [1.29, 1.82) is 0 Å².